The zero-order chi connectivity index (χ0) is 17.8. The smallest absolute Gasteiger partial charge is 0.318 e. The van der Waals surface area contributed by atoms with E-state index in [0.717, 1.165) is 13.1 Å². The third-order valence-electron chi connectivity index (χ3n) is 4.48. The maximum absolute atomic E-state index is 13.7. The number of aromatic nitrogens is 3. The van der Waals surface area contributed by atoms with Gasteiger partial charge in [0, 0.05) is 45.3 Å². The molecule has 0 unspecified atom stereocenters. The van der Waals surface area contributed by atoms with Gasteiger partial charge in [-0.15, -0.1) is 10.2 Å². The van der Waals surface area contributed by atoms with Crippen LogP contribution in [0.5, 0.6) is 0 Å². The minimum absolute atomic E-state index is 0.110. The van der Waals surface area contributed by atoms with Crippen molar-refractivity contribution in [1.82, 2.24) is 29.9 Å². The Kier molecular flexibility index (Phi) is 5.28. The number of aryl methyl sites for hydroxylation is 1. The van der Waals surface area contributed by atoms with Gasteiger partial charge in [0.05, 0.1) is 6.04 Å². The van der Waals surface area contributed by atoms with E-state index in [1.54, 1.807) is 27.9 Å². The molecule has 2 heterocycles. The number of nitrogens with zero attached hydrogens (tertiary/aromatic N) is 5. The van der Waals surface area contributed by atoms with E-state index < -0.39 is 0 Å². The van der Waals surface area contributed by atoms with Crippen molar-refractivity contribution in [1.29, 1.82) is 0 Å². The highest BCUT2D eigenvalue weighted by atomic mass is 19.1. The van der Waals surface area contributed by atoms with Crippen LogP contribution in [0, 0.1) is 5.82 Å². The molecule has 0 bridgehead atoms. The predicted molar refractivity (Wildman–Crippen MR) is 91.2 cm³/mol. The molecular formula is C17H23FN6O. The summed E-state index contributed by atoms with van der Waals surface area (Å²) in [7, 11) is 1.85. The van der Waals surface area contributed by atoms with Crippen LogP contribution in [-0.2, 0) is 13.6 Å². The Balaban J connectivity index is 1.49. The molecule has 3 rings (SSSR count). The molecule has 1 atom stereocenters. The molecule has 1 fully saturated rings. The van der Waals surface area contributed by atoms with Crippen LogP contribution in [0.15, 0.2) is 30.6 Å². The lowest BCUT2D eigenvalue weighted by Crippen LogP contribution is -2.51. The van der Waals surface area contributed by atoms with E-state index >= 15 is 0 Å². The van der Waals surface area contributed by atoms with Crippen LogP contribution in [0.2, 0.25) is 0 Å². The van der Waals surface area contributed by atoms with Crippen molar-refractivity contribution in [2.24, 2.45) is 7.05 Å². The number of benzene rings is 1. The number of nitrogens with one attached hydrogen (secondary N) is 1. The number of amides is 2. The number of urea groups is 1. The Bertz CT molecular complexity index is 725. The first-order chi connectivity index (χ1) is 12.0. The zero-order valence-corrected chi connectivity index (χ0v) is 14.5. The van der Waals surface area contributed by atoms with Gasteiger partial charge in [0.15, 0.2) is 5.82 Å². The summed E-state index contributed by atoms with van der Waals surface area (Å²) in [5, 5.41) is 10.8. The summed E-state index contributed by atoms with van der Waals surface area (Å²) in [6.07, 6.45) is 1.61. The molecule has 0 saturated carbocycles. The van der Waals surface area contributed by atoms with Crippen molar-refractivity contribution in [2.75, 3.05) is 26.2 Å². The lowest BCUT2D eigenvalue weighted by molar-refractivity contribution is 0.132. The van der Waals surface area contributed by atoms with Gasteiger partial charge in [0.2, 0.25) is 0 Å². The van der Waals surface area contributed by atoms with Gasteiger partial charge in [-0.05, 0) is 13.0 Å². The first-order valence-corrected chi connectivity index (χ1v) is 8.39. The molecule has 7 nitrogen and oxygen atoms in total. The highest BCUT2D eigenvalue weighted by Crippen LogP contribution is 2.13. The summed E-state index contributed by atoms with van der Waals surface area (Å²) in [4.78, 5) is 16.4. The number of rotatable bonds is 4. The SMILES string of the molecule is C[C@@H](NC(=O)N1CCN(Cc2ccccc2F)CC1)c1nncn1C. The van der Waals surface area contributed by atoms with E-state index in [2.05, 4.69) is 20.4 Å². The highest BCUT2D eigenvalue weighted by Gasteiger charge is 2.23. The molecule has 1 saturated heterocycles. The predicted octanol–water partition coefficient (Wildman–Crippen LogP) is 1.54. The van der Waals surface area contributed by atoms with Gasteiger partial charge in [-0.3, -0.25) is 4.90 Å². The lowest BCUT2D eigenvalue weighted by Gasteiger charge is -2.35. The maximum atomic E-state index is 13.7. The Morgan fingerprint density at radius 2 is 2.00 bits per heavy atom. The third kappa shape index (κ3) is 4.14. The van der Waals surface area contributed by atoms with E-state index in [-0.39, 0.29) is 17.9 Å². The molecule has 0 radical (unpaired) electrons. The Hall–Kier alpha value is -2.48. The summed E-state index contributed by atoms with van der Waals surface area (Å²) in [6.45, 7) is 5.13. The summed E-state index contributed by atoms with van der Waals surface area (Å²) >= 11 is 0. The second-order valence-corrected chi connectivity index (χ2v) is 6.33. The monoisotopic (exact) mass is 346 g/mol. The van der Waals surface area contributed by atoms with Gasteiger partial charge < -0.3 is 14.8 Å². The molecule has 8 heteroatoms. The van der Waals surface area contributed by atoms with Crippen molar-refractivity contribution < 1.29 is 9.18 Å². The van der Waals surface area contributed by atoms with Crippen LogP contribution in [0.3, 0.4) is 0 Å². The molecule has 134 valence electrons. The normalized spacial score (nSPS) is 16.7. The molecular weight excluding hydrogens is 323 g/mol. The van der Waals surface area contributed by atoms with Gasteiger partial charge in [-0.1, -0.05) is 18.2 Å². The molecule has 1 aliphatic heterocycles. The molecule has 0 aliphatic carbocycles. The van der Waals surface area contributed by atoms with E-state index in [4.69, 9.17) is 0 Å². The second kappa shape index (κ2) is 7.60. The van der Waals surface area contributed by atoms with Crippen molar-refractivity contribution in [3.63, 3.8) is 0 Å². The van der Waals surface area contributed by atoms with Crippen molar-refractivity contribution in [3.8, 4) is 0 Å². The van der Waals surface area contributed by atoms with E-state index in [1.807, 2.05) is 20.0 Å². The highest BCUT2D eigenvalue weighted by molar-refractivity contribution is 5.74. The first kappa shape index (κ1) is 17.3. The average molecular weight is 346 g/mol. The van der Waals surface area contributed by atoms with E-state index in [1.165, 1.54) is 6.07 Å². The largest absolute Gasteiger partial charge is 0.328 e. The fourth-order valence-electron chi connectivity index (χ4n) is 3.00. The van der Waals surface area contributed by atoms with Gasteiger partial charge in [-0.2, -0.15) is 0 Å². The fraction of sp³-hybridized carbons (Fsp3) is 0.471. The van der Waals surface area contributed by atoms with Crippen LogP contribution in [0.4, 0.5) is 9.18 Å². The summed E-state index contributed by atoms with van der Waals surface area (Å²) in [5.41, 5.74) is 0.691. The van der Waals surface area contributed by atoms with E-state index in [0.29, 0.717) is 31.0 Å². The standard InChI is InChI=1S/C17H23FN6O/c1-13(16-21-19-12-22(16)2)20-17(25)24-9-7-23(8-10-24)11-14-5-3-4-6-15(14)18/h3-6,12-13H,7-11H2,1-2H3,(H,20,25)/t13-/m1/s1. The van der Waals surface area contributed by atoms with Gasteiger partial charge in [0.25, 0.3) is 0 Å². The van der Waals surface area contributed by atoms with Gasteiger partial charge >= 0.3 is 6.03 Å². The van der Waals surface area contributed by atoms with Crippen LogP contribution in [0.1, 0.15) is 24.4 Å². The Labute approximate surface area is 146 Å². The Morgan fingerprint density at radius 3 is 2.64 bits per heavy atom. The molecule has 2 aromatic rings. The van der Waals surface area contributed by atoms with E-state index in [9.17, 15) is 9.18 Å². The first-order valence-electron chi connectivity index (χ1n) is 8.39. The van der Waals surface area contributed by atoms with Crippen molar-refractivity contribution >= 4 is 6.03 Å². The van der Waals surface area contributed by atoms with Crippen molar-refractivity contribution in [3.05, 3.63) is 47.8 Å². The van der Waals surface area contributed by atoms with Crippen LogP contribution in [-0.4, -0.2) is 56.8 Å². The van der Waals surface area contributed by atoms with Crippen LogP contribution < -0.4 is 5.32 Å². The minimum atomic E-state index is -0.212. The lowest BCUT2D eigenvalue weighted by atomic mass is 10.2. The molecule has 2 amide bonds. The number of carbonyl (C=O) groups is 1. The minimum Gasteiger partial charge on any atom is -0.328 e. The number of hydrogen-bond donors (Lipinski definition) is 1. The molecule has 0 spiro atoms. The molecule has 1 aromatic carbocycles. The molecule has 1 aromatic heterocycles. The quantitative estimate of drug-likeness (QED) is 0.912. The second-order valence-electron chi connectivity index (χ2n) is 6.33. The number of halogens is 1. The Morgan fingerprint density at radius 1 is 1.28 bits per heavy atom. The topological polar surface area (TPSA) is 66.3 Å². The molecule has 1 aliphatic rings. The fourth-order valence-corrected chi connectivity index (χ4v) is 3.00. The third-order valence-corrected chi connectivity index (χ3v) is 4.48. The number of piperazine rings is 1. The van der Waals surface area contributed by atoms with Gasteiger partial charge in [0.1, 0.15) is 12.1 Å². The zero-order valence-electron chi connectivity index (χ0n) is 14.5. The van der Waals surface area contributed by atoms with Crippen molar-refractivity contribution in [2.45, 2.75) is 19.5 Å². The number of carbonyl (C=O) groups excluding carboxylic acids is 1. The summed E-state index contributed by atoms with van der Waals surface area (Å²) in [5.74, 6) is 0.534. The van der Waals surface area contributed by atoms with Crippen LogP contribution >= 0.6 is 0 Å². The number of hydrogen-bond acceptors (Lipinski definition) is 4. The summed E-state index contributed by atoms with van der Waals surface area (Å²) in [6, 6.07) is 6.50. The van der Waals surface area contributed by atoms with Gasteiger partial charge in [-0.25, -0.2) is 9.18 Å². The maximum Gasteiger partial charge on any atom is 0.318 e. The van der Waals surface area contributed by atoms with Crippen LogP contribution in [0.25, 0.3) is 0 Å². The molecule has 1 N–H and O–H groups in total. The summed E-state index contributed by atoms with van der Waals surface area (Å²) < 4.78 is 15.5. The molecule has 25 heavy (non-hydrogen) atoms. The average Bonchev–Trinajstić information content (AvgIpc) is 3.03.